The summed E-state index contributed by atoms with van der Waals surface area (Å²) in [5.41, 5.74) is 0.574. The Kier molecular flexibility index (Phi) is 14.6. The van der Waals surface area contributed by atoms with Crippen LogP contribution >= 0.6 is 0 Å². The molecule has 32 heavy (non-hydrogen) atoms. The second kappa shape index (κ2) is 17.0. The molecular formula is C20H33N3O9. The molecule has 0 saturated heterocycles. The zero-order valence-corrected chi connectivity index (χ0v) is 18.7. The van der Waals surface area contributed by atoms with Gasteiger partial charge in [-0.1, -0.05) is 19.1 Å². The van der Waals surface area contributed by atoms with Crippen molar-refractivity contribution in [3.8, 4) is 0 Å². The molecule has 1 rings (SSSR count). The monoisotopic (exact) mass is 459 g/mol. The molecule has 0 aliphatic heterocycles. The van der Waals surface area contributed by atoms with Gasteiger partial charge in [-0.15, -0.1) is 5.10 Å². The van der Waals surface area contributed by atoms with E-state index in [0.29, 0.717) is 25.3 Å². The summed E-state index contributed by atoms with van der Waals surface area (Å²) in [4.78, 5) is 34.8. The number of nitrogens with zero attached hydrogens (tertiary/aromatic N) is 3. The lowest BCUT2D eigenvalue weighted by Gasteiger charge is -2.17. The van der Waals surface area contributed by atoms with Crippen molar-refractivity contribution < 1.29 is 43.2 Å². The molecule has 0 amide bonds. The maximum Gasteiger partial charge on any atom is 0.306 e. The lowest BCUT2D eigenvalue weighted by Crippen LogP contribution is -2.29. The van der Waals surface area contributed by atoms with Gasteiger partial charge in [0.05, 0.1) is 51.7 Å². The van der Waals surface area contributed by atoms with Crippen molar-refractivity contribution in [3.63, 3.8) is 0 Å². The highest BCUT2D eigenvalue weighted by molar-refractivity contribution is 5.70. The highest BCUT2D eigenvalue weighted by atomic mass is 16.6. The molecule has 1 unspecified atom stereocenters. The van der Waals surface area contributed by atoms with Crippen LogP contribution in [0.15, 0.2) is 6.20 Å². The molecule has 182 valence electrons. The van der Waals surface area contributed by atoms with E-state index >= 15 is 0 Å². The van der Waals surface area contributed by atoms with Gasteiger partial charge in [0.2, 0.25) is 0 Å². The molecule has 0 aliphatic rings. The van der Waals surface area contributed by atoms with E-state index in [0.717, 1.165) is 0 Å². The molecule has 0 fully saturated rings. The van der Waals surface area contributed by atoms with Gasteiger partial charge in [-0.2, -0.15) is 0 Å². The number of aromatic nitrogens is 3. The predicted molar refractivity (Wildman–Crippen MR) is 109 cm³/mol. The Hall–Kier alpha value is -2.57. The highest BCUT2D eigenvalue weighted by Crippen LogP contribution is 2.05. The molecule has 1 atom stereocenters. The summed E-state index contributed by atoms with van der Waals surface area (Å²) >= 11 is 0. The number of hydrogen-bond acceptors (Lipinski definition) is 11. The number of carbonyl (C=O) groups is 3. The highest BCUT2D eigenvalue weighted by Gasteiger charge is 2.18. The van der Waals surface area contributed by atoms with E-state index in [1.54, 1.807) is 20.0 Å². The number of ether oxygens (including phenoxy) is 5. The molecule has 12 heteroatoms. The Morgan fingerprint density at radius 1 is 0.969 bits per heavy atom. The average Bonchev–Trinajstić information content (AvgIpc) is 3.24. The van der Waals surface area contributed by atoms with Crippen molar-refractivity contribution >= 4 is 17.9 Å². The summed E-state index contributed by atoms with van der Waals surface area (Å²) in [5.74, 6) is -1.19. The fourth-order valence-corrected chi connectivity index (χ4v) is 2.34. The number of aliphatic hydroxyl groups excluding tert-OH is 1. The standard InChI is InChI=1S/C20H33N3O9/c1-3-18(25)31-15-17(32-19(26)4-2)14-23-13-16(21-22-23)5-6-20(27)30-12-11-29-10-9-28-8-7-24/h13,17,24H,3-12,14-15H2,1-2H3. The topological polar surface area (TPSA) is 148 Å². The van der Waals surface area contributed by atoms with E-state index in [1.807, 2.05) is 0 Å². The first-order valence-electron chi connectivity index (χ1n) is 10.6. The lowest BCUT2D eigenvalue weighted by molar-refractivity contribution is -0.159. The summed E-state index contributed by atoms with van der Waals surface area (Å²) in [7, 11) is 0. The van der Waals surface area contributed by atoms with E-state index in [4.69, 9.17) is 28.8 Å². The summed E-state index contributed by atoms with van der Waals surface area (Å²) in [6.45, 7) is 4.77. The van der Waals surface area contributed by atoms with E-state index in [1.165, 1.54) is 4.68 Å². The molecule has 1 aromatic heterocycles. The van der Waals surface area contributed by atoms with Gasteiger partial charge in [0, 0.05) is 25.5 Å². The van der Waals surface area contributed by atoms with E-state index in [2.05, 4.69) is 10.3 Å². The Morgan fingerprint density at radius 2 is 1.66 bits per heavy atom. The van der Waals surface area contributed by atoms with Crippen LogP contribution in [0.4, 0.5) is 0 Å². The third-order valence-electron chi connectivity index (χ3n) is 3.97. The third kappa shape index (κ3) is 13.0. The molecular weight excluding hydrogens is 426 g/mol. The Morgan fingerprint density at radius 3 is 2.34 bits per heavy atom. The Bertz CT molecular complexity index is 681. The normalized spacial score (nSPS) is 11.7. The minimum atomic E-state index is -0.688. The average molecular weight is 459 g/mol. The van der Waals surface area contributed by atoms with Crippen molar-refractivity contribution in [3.05, 3.63) is 11.9 Å². The van der Waals surface area contributed by atoms with Crippen molar-refractivity contribution in [2.24, 2.45) is 0 Å². The van der Waals surface area contributed by atoms with Crippen LogP contribution in [0.25, 0.3) is 0 Å². The molecule has 0 aromatic carbocycles. The fourth-order valence-electron chi connectivity index (χ4n) is 2.34. The molecule has 0 aliphatic carbocycles. The van der Waals surface area contributed by atoms with Crippen LogP contribution in [-0.4, -0.2) is 90.4 Å². The minimum absolute atomic E-state index is 0.0351. The van der Waals surface area contributed by atoms with Gasteiger partial charge in [-0.3, -0.25) is 14.4 Å². The second-order valence-electron chi connectivity index (χ2n) is 6.60. The fraction of sp³-hybridized carbons (Fsp3) is 0.750. The van der Waals surface area contributed by atoms with E-state index in [-0.39, 0.29) is 70.8 Å². The summed E-state index contributed by atoms with van der Waals surface area (Å²) in [6, 6.07) is 0. The maximum absolute atomic E-state index is 11.8. The van der Waals surface area contributed by atoms with Crippen molar-refractivity contribution in [2.45, 2.75) is 52.2 Å². The smallest absolute Gasteiger partial charge is 0.306 e. The first kappa shape index (κ1) is 27.5. The van der Waals surface area contributed by atoms with Crippen LogP contribution < -0.4 is 0 Å². The second-order valence-corrected chi connectivity index (χ2v) is 6.60. The number of hydrogen-bond donors (Lipinski definition) is 1. The van der Waals surface area contributed by atoms with Crippen LogP contribution in [0.2, 0.25) is 0 Å². The molecule has 1 aromatic rings. The molecule has 0 bridgehead atoms. The lowest BCUT2D eigenvalue weighted by atomic mass is 10.2. The number of esters is 3. The summed E-state index contributed by atoms with van der Waals surface area (Å²) in [6.07, 6.45) is 1.83. The zero-order valence-electron chi connectivity index (χ0n) is 18.7. The van der Waals surface area contributed by atoms with Gasteiger partial charge < -0.3 is 28.8 Å². The zero-order chi connectivity index (χ0) is 23.6. The van der Waals surface area contributed by atoms with Crippen molar-refractivity contribution in [2.75, 3.05) is 46.2 Å². The largest absolute Gasteiger partial charge is 0.463 e. The van der Waals surface area contributed by atoms with E-state index < -0.39 is 12.1 Å². The van der Waals surface area contributed by atoms with Crippen molar-refractivity contribution in [1.29, 1.82) is 0 Å². The van der Waals surface area contributed by atoms with Gasteiger partial charge in [-0.05, 0) is 0 Å². The van der Waals surface area contributed by atoms with Crippen LogP contribution in [0.5, 0.6) is 0 Å². The maximum atomic E-state index is 11.8. The van der Waals surface area contributed by atoms with Crippen LogP contribution in [0.1, 0.15) is 38.8 Å². The Balaban J connectivity index is 2.32. The minimum Gasteiger partial charge on any atom is -0.463 e. The molecule has 1 N–H and O–H groups in total. The number of carbonyl (C=O) groups excluding carboxylic acids is 3. The van der Waals surface area contributed by atoms with Crippen LogP contribution in [0.3, 0.4) is 0 Å². The van der Waals surface area contributed by atoms with Gasteiger partial charge in [-0.25, -0.2) is 4.68 Å². The van der Waals surface area contributed by atoms with Gasteiger partial charge in [0.25, 0.3) is 0 Å². The number of aliphatic hydroxyl groups is 1. The van der Waals surface area contributed by atoms with Gasteiger partial charge in [0.15, 0.2) is 6.10 Å². The molecule has 0 spiro atoms. The molecule has 12 nitrogen and oxygen atoms in total. The first-order chi connectivity index (χ1) is 15.5. The number of aryl methyl sites for hydroxylation is 1. The summed E-state index contributed by atoms with van der Waals surface area (Å²) in [5, 5.41) is 16.5. The molecule has 1 heterocycles. The van der Waals surface area contributed by atoms with Gasteiger partial charge >= 0.3 is 17.9 Å². The third-order valence-corrected chi connectivity index (χ3v) is 3.97. The summed E-state index contributed by atoms with van der Waals surface area (Å²) < 4.78 is 27.2. The van der Waals surface area contributed by atoms with Crippen molar-refractivity contribution in [1.82, 2.24) is 15.0 Å². The molecule has 0 radical (unpaired) electrons. The Labute approximate surface area is 187 Å². The molecule has 0 saturated carbocycles. The van der Waals surface area contributed by atoms with Crippen LogP contribution in [-0.2, 0) is 51.0 Å². The SMILES string of the molecule is CCC(=O)OCC(Cn1cc(CCC(=O)OCCOCCOCCO)nn1)OC(=O)CC. The first-order valence-corrected chi connectivity index (χ1v) is 10.6. The quantitative estimate of drug-likeness (QED) is 0.180. The van der Waals surface area contributed by atoms with E-state index in [9.17, 15) is 14.4 Å². The van der Waals surface area contributed by atoms with Gasteiger partial charge in [0.1, 0.15) is 13.2 Å². The van der Waals surface area contributed by atoms with Crippen LogP contribution in [0, 0.1) is 0 Å². The predicted octanol–water partition coefficient (Wildman–Crippen LogP) is 0.0544. The number of rotatable bonds is 18.